The summed E-state index contributed by atoms with van der Waals surface area (Å²) in [5.74, 6) is 1.80. The SMILES string of the molecule is COc1ccc(S(=O)(=O)N2CCN(c3nc(Cc4c(C)cccc4C)cs3)CC2)cc1OC.COc1ccc(S(=O)(=O)N2CCN(c3nc(Cc4cccc(C)c4C)cs3)CC2)cc1OC. The smallest absolute Gasteiger partial charge is 0.243 e. The highest BCUT2D eigenvalue weighted by Gasteiger charge is 2.32. The summed E-state index contributed by atoms with van der Waals surface area (Å²) in [5.41, 5.74) is 9.85. The van der Waals surface area contributed by atoms with Gasteiger partial charge in [0.1, 0.15) is 0 Å². The van der Waals surface area contributed by atoms with E-state index in [2.05, 4.69) is 84.7 Å². The molecule has 0 saturated carbocycles. The minimum atomic E-state index is -3.62. The first-order valence-corrected chi connectivity index (χ1v) is 26.2. The van der Waals surface area contributed by atoms with Crippen molar-refractivity contribution in [3.63, 3.8) is 0 Å². The Morgan fingerprint density at radius 1 is 0.515 bits per heavy atom. The number of aryl methyl sites for hydroxylation is 3. The summed E-state index contributed by atoms with van der Waals surface area (Å²) in [6.45, 7) is 12.6. The van der Waals surface area contributed by atoms with Gasteiger partial charge in [-0.15, -0.1) is 22.7 Å². The van der Waals surface area contributed by atoms with Gasteiger partial charge in [-0.05, 0) is 85.3 Å². The Morgan fingerprint density at radius 3 is 1.36 bits per heavy atom. The number of piperazine rings is 2. The highest BCUT2D eigenvalue weighted by molar-refractivity contribution is 7.89. The van der Waals surface area contributed by atoms with Crippen molar-refractivity contribution in [2.45, 2.75) is 50.3 Å². The lowest BCUT2D eigenvalue weighted by molar-refractivity contribution is 0.353. The number of anilines is 2. The van der Waals surface area contributed by atoms with Gasteiger partial charge in [-0.2, -0.15) is 8.61 Å². The lowest BCUT2D eigenvalue weighted by Gasteiger charge is -2.33. The van der Waals surface area contributed by atoms with Crippen LogP contribution < -0.4 is 28.7 Å². The van der Waals surface area contributed by atoms with E-state index in [9.17, 15) is 16.8 Å². The molecule has 0 N–H and O–H groups in total. The summed E-state index contributed by atoms with van der Waals surface area (Å²) in [6.07, 6.45) is 1.61. The number of methoxy groups -OCH3 is 4. The zero-order valence-corrected chi connectivity index (χ0v) is 42.0. The standard InChI is InChI=1S/2C24H29N3O4S2/c1-17-6-5-7-19(18(17)2)14-20-16-32-24(25-20)26-10-12-27(13-11-26)33(28,29)21-8-9-22(30-3)23(15-21)31-4;1-17-6-5-7-18(2)21(17)14-19-16-32-24(25-19)26-10-12-27(13-11-26)33(28,29)20-8-9-22(30-3)23(15-20)31-4/h2*5-9,15-16H,10-14H2,1-4H3. The second kappa shape index (κ2) is 21.2. The Morgan fingerprint density at radius 2 is 0.924 bits per heavy atom. The molecule has 0 amide bonds. The third kappa shape index (κ3) is 10.8. The summed E-state index contributed by atoms with van der Waals surface area (Å²) >= 11 is 3.23. The summed E-state index contributed by atoms with van der Waals surface area (Å²) in [6, 6.07) is 22.1. The number of hydrogen-bond acceptors (Lipinski definition) is 14. The normalized spacial score (nSPS) is 15.0. The highest BCUT2D eigenvalue weighted by Crippen LogP contribution is 2.34. The lowest BCUT2D eigenvalue weighted by Crippen LogP contribution is -2.48. The number of benzene rings is 4. The number of sulfonamides is 2. The zero-order chi connectivity index (χ0) is 47.2. The molecule has 352 valence electrons. The van der Waals surface area contributed by atoms with Crippen LogP contribution >= 0.6 is 22.7 Å². The van der Waals surface area contributed by atoms with Gasteiger partial charge in [0, 0.05) is 88.1 Å². The first-order chi connectivity index (χ1) is 31.7. The number of hydrogen-bond donors (Lipinski definition) is 0. The molecule has 0 atom stereocenters. The Labute approximate surface area is 397 Å². The largest absolute Gasteiger partial charge is 0.493 e. The summed E-state index contributed by atoms with van der Waals surface area (Å²) in [5, 5.41) is 6.09. The molecule has 0 radical (unpaired) electrons. The van der Waals surface area contributed by atoms with Crippen LogP contribution in [0.15, 0.2) is 93.3 Å². The summed E-state index contributed by atoms with van der Waals surface area (Å²) in [4.78, 5) is 14.4. The number of ether oxygens (including phenoxy) is 4. The van der Waals surface area contributed by atoms with Crippen LogP contribution in [0.4, 0.5) is 10.3 Å². The molecule has 2 aliphatic rings. The van der Waals surface area contributed by atoms with Crippen LogP contribution in [0, 0.1) is 27.7 Å². The molecule has 6 aromatic rings. The van der Waals surface area contributed by atoms with Crippen LogP contribution in [0.1, 0.15) is 44.8 Å². The van der Waals surface area contributed by atoms with Gasteiger partial charge < -0.3 is 28.7 Å². The van der Waals surface area contributed by atoms with Crippen LogP contribution in [0.5, 0.6) is 23.0 Å². The fourth-order valence-electron chi connectivity index (χ4n) is 8.04. The van der Waals surface area contributed by atoms with E-state index in [1.165, 1.54) is 82.6 Å². The van der Waals surface area contributed by atoms with E-state index in [-0.39, 0.29) is 9.79 Å². The van der Waals surface area contributed by atoms with Crippen molar-refractivity contribution in [1.82, 2.24) is 18.6 Å². The molecular weight excluding hydrogens is 917 g/mol. The van der Waals surface area contributed by atoms with Gasteiger partial charge in [-0.3, -0.25) is 0 Å². The fourth-order valence-corrected chi connectivity index (χ4v) is 12.7. The summed E-state index contributed by atoms with van der Waals surface area (Å²) < 4.78 is 76.7. The van der Waals surface area contributed by atoms with Crippen LogP contribution in [0.3, 0.4) is 0 Å². The predicted octanol–water partition coefficient (Wildman–Crippen LogP) is 7.76. The fraction of sp³-hybridized carbons (Fsp3) is 0.375. The van der Waals surface area contributed by atoms with Gasteiger partial charge in [0.2, 0.25) is 20.0 Å². The van der Waals surface area contributed by atoms with E-state index in [0.29, 0.717) is 75.4 Å². The zero-order valence-electron chi connectivity index (χ0n) is 38.7. The van der Waals surface area contributed by atoms with Crippen molar-refractivity contribution >= 4 is 53.0 Å². The average Bonchev–Trinajstić information content (AvgIpc) is 4.02. The van der Waals surface area contributed by atoms with Crippen LogP contribution in [-0.2, 0) is 32.9 Å². The molecule has 4 aromatic carbocycles. The molecule has 2 saturated heterocycles. The molecule has 14 nitrogen and oxygen atoms in total. The Bertz CT molecular complexity index is 2830. The van der Waals surface area contributed by atoms with Gasteiger partial charge in [0.25, 0.3) is 0 Å². The average molecular weight is 975 g/mol. The van der Waals surface area contributed by atoms with Crippen LogP contribution in [0.25, 0.3) is 0 Å². The van der Waals surface area contributed by atoms with Crippen molar-refractivity contribution in [2.24, 2.45) is 0 Å². The number of thiazole rings is 2. The number of rotatable bonds is 14. The molecular formula is C48H58N6O8S4. The Kier molecular flexibility index (Phi) is 15.6. The van der Waals surface area contributed by atoms with E-state index < -0.39 is 20.0 Å². The third-order valence-electron chi connectivity index (χ3n) is 12.2. The molecule has 0 unspecified atom stereocenters. The van der Waals surface area contributed by atoms with Gasteiger partial charge in [0.15, 0.2) is 33.3 Å². The molecule has 8 rings (SSSR count). The lowest BCUT2D eigenvalue weighted by atomic mass is 9.99. The van der Waals surface area contributed by atoms with Crippen molar-refractivity contribution in [2.75, 3.05) is 90.6 Å². The maximum absolute atomic E-state index is 13.2. The second-order valence-corrected chi connectivity index (χ2v) is 21.7. The number of nitrogens with zero attached hydrogens (tertiary/aromatic N) is 6. The molecule has 4 heterocycles. The van der Waals surface area contributed by atoms with E-state index in [1.54, 1.807) is 46.9 Å². The Hall–Kier alpha value is -5.24. The first-order valence-electron chi connectivity index (χ1n) is 21.6. The van der Waals surface area contributed by atoms with Crippen molar-refractivity contribution in [1.29, 1.82) is 0 Å². The van der Waals surface area contributed by atoms with Gasteiger partial charge in [-0.25, -0.2) is 26.8 Å². The highest BCUT2D eigenvalue weighted by atomic mass is 32.2. The summed E-state index contributed by atoms with van der Waals surface area (Å²) in [7, 11) is -1.19. The van der Waals surface area contributed by atoms with Crippen LogP contribution in [-0.4, -0.2) is 116 Å². The molecule has 2 aliphatic heterocycles. The topological polar surface area (TPSA) is 144 Å². The molecule has 66 heavy (non-hydrogen) atoms. The number of aromatic nitrogens is 2. The molecule has 2 fully saturated rings. The van der Waals surface area contributed by atoms with Gasteiger partial charge >= 0.3 is 0 Å². The molecule has 2 aromatic heterocycles. The van der Waals surface area contributed by atoms with Crippen molar-refractivity contribution in [3.8, 4) is 23.0 Å². The van der Waals surface area contributed by atoms with Crippen molar-refractivity contribution in [3.05, 3.63) is 128 Å². The maximum Gasteiger partial charge on any atom is 0.243 e. The van der Waals surface area contributed by atoms with E-state index in [0.717, 1.165) is 34.5 Å². The first kappa shape index (κ1) is 48.7. The minimum absolute atomic E-state index is 0.207. The monoisotopic (exact) mass is 974 g/mol. The Balaban J connectivity index is 0.000000196. The molecule has 0 spiro atoms. The van der Waals surface area contributed by atoms with E-state index >= 15 is 0 Å². The van der Waals surface area contributed by atoms with Crippen molar-refractivity contribution < 1.29 is 35.8 Å². The minimum Gasteiger partial charge on any atom is -0.493 e. The third-order valence-corrected chi connectivity index (χ3v) is 17.9. The molecule has 0 bridgehead atoms. The second-order valence-electron chi connectivity index (χ2n) is 16.1. The predicted molar refractivity (Wildman–Crippen MR) is 263 cm³/mol. The van der Waals surface area contributed by atoms with Gasteiger partial charge in [-0.1, -0.05) is 36.4 Å². The van der Waals surface area contributed by atoms with E-state index in [1.807, 2.05) is 0 Å². The van der Waals surface area contributed by atoms with E-state index in [4.69, 9.17) is 28.9 Å². The quantitative estimate of drug-likeness (QED) is 0.105. The van der Waals surface area contributed by atoms with Gasteiger partial charge in [0.05, 0.1) is 49.6 Å². The van der Waals surface area contributed by atoms with Crippen LogP contribution in [0.2, 0.25) is 0 Å². The molecule has 18 heteroatoms. The molecule has 0 aliphatic carbocycles. The maximum atomic E-state index is 13.2.